The Hall–Kier alpha value is -2.42. The molecule has 0 fully saturated rings. The summed E-state index contributed by atoms with van der Waals surface area (Å²) in [6.45, 7) is 4.08. The second-order valence-electron chi connectivity index (χ2n) is 5.95. The molecule has 0 saturated carbocycles. The van der Waals surface area contributed by atoms with Crippen molar-refractivity contribution in [3.8, 4) is 0 Å². The molecule has 0 unspecified atom stereocenters. The van der Waals surface area contributed by atoms with Crippen molar-refractivity contribution in [2.45, 2.75) is 19.9 Å². The number of rotatable bonds is 2. The number of benzodiazepines with no additional fused rings is 1. The van der Waals surface area contributed by atoms with Crippen LogP contribution in [0.25, 0.3) is 0 Å². The quantitative estimate of drug-likeness (QED) is 0.833. The number of hydrogen-bond donors (Lipinski definition) is 0. The molecule has 1 aliphatic rings. The van der Waals surface area contributed by atoms with Gasteiger partial charge in [-0.2, -0.15) is 0 Å². The smallest absolute Gasteiger partial charge is 0.251 e. The van der Waals surface area contributed by atoms with E-state index in [1.54, 1.807) is 4.90 Å². The number of nitrogens with zero attached hydrogens (tertiary/aromatic N) is 2. The number of likely N-dealkylation sites (N-methyl/N-ethyl adjacent to an activating group) is 1. The largest absolute Gasteiger partial charge is 0.313 e. The van der Waals surface area contributed by atoms with Crippen molar-refractivity contribution in [3.05, 3.63) is 65.7 Å². The molecule has 1 atom stereocenters. The fraction of sp³-hybridized carbons (Fsp3) is 0.263. The van der Waals surface area contributed by atoms with Gasteiger partial charge >= 0.3 is 0 Å². The van der Waals surface area contributed by atoms with E-state index in [9.17, 15) is 4.79 Å². The summed E-state index contributed by atoms with van der Waals surface area (Å²) in [5.74, 6) is 0.205. The third kappa shape index (κ3) is 2.43. The number of carbonyl (C=O) groups is 1. The van der Waals surface area contributed by atoms with E-state index in [0.29, 0.717) is 0 Å². The highest BCUT2D eigenvalue weighted by atomic mass is 16.2. The summed E-state index contributed by atoms with van der Waals surface area (Å²) < 4.78 is 0. The Morgan fingerprint density at radius 2 is 1.64 bits per heavy atom. The Bertz CT molecular complexity index is 719. The lowest BCUT2D eigenvalue weighted by Crippen LogP contribution is -2.37. The lowest BCUT2D eigenvalue weighted by atomic mass is 10.00. The van der Waals surface area contributed by atoms with Crippen LogP contribution in [0.5, 0.6) is 0 Å². The lowest BCUT2D eigenvalue weighted by Gasteiger charge is -2.22. The van der Waals surface area contributed by atoms with Gasteiger partial charge in [-0.15, -0.1) is 0 Å². The van der Waals surface area contributed by atoms with Gasteiger partial charge in [0.2, 0.25) is 0 Å². The Balaban J connectivity index is 2.25. The Morgan fingerprint density at radius 1 is 1.00 bits per heavy atom. The number of carbonyl (C=O) groups excluding carboxylic acids is 1. The van der Waals surface area contributed by atoms with Gasteiger partial charge in [-0.05, 0) is 12.0 Å². The van der Waals surface area contributed by atoms with Gasteiger partial charge < -0.3 is 4.90 Å². The topological polar surface area (TPSA) is 32.7 Å². The predicted octanol–water partition coefficient (Wildman–Crippen LogP) is 3.53. The summed E-state index contributed by atoms with van der Waals surface area (Å²) in [6.07, 6.45) is 0. The number of aliphatic imine (C=N–C) groups is 1. The average molecular weight is 292 g/mol. The highest BCUT2D eigenvalue weighted by Crippen LogP contribution is 2.29. The summed E-state index contributed by atoms with van der Waals surface area (Å²) in [4.78, 5) is 19.3. The van der Waals surface area contributed by atoms with Crippen LogP contribution in [0.4, 0.5) is 5.69 Å². The number of amides is 1. The maximum atomic E-state index is 12.7. The van der Waals surface area contributed by atoms with Crippen LogP contribution >= 0.6 is 0 Å². The van der Waals surface area contributed by atoms with Crippen LogP contribution in [0.3, 0.4) is 0 Å². The zero-order valence-corrected chi connectivity index (χ0v) is 13.2. The molecule has 112 valence electrons. The molecule has 0 N–H and O–H groups in total. The molecule has 1 heterocycles. The minimum absolute atomic E-state index is 0.0494. The molecule has 0 bridgehead atoms. The maximum absolute atomic E-state index is 12.7. The fourth-order valence-corrected chi connectivity index (χ4v) is 2.81. The highest BCUT2D eigenvalue weighted by molar-refractivity contribution is 6.20. The first-order valence-electron chi connectivity index (χ1n) is 7.60. The van der Waals surface area contributed by atoms with Gasteiger partial charge in [0.25, 0.3) is 5.91 Å². The predicted molar refractivity (Wildman–Crippen MR) is 90.6 cm³/mol. The molecule has 0 saturated heterocycles. The maximum Gasteiger partial charge on any atom is 0.251 e. The summed E-state index contributed by atoms with van der Waals surface area (Å²) in [5.41, 5.74) is 3.86. The standard InChI is InChI=1S/C19H20N2O/c1-13(2)17-19(22)21(3)16-12-8-7-11-15(16)18(20-17)14-9-5-4-6-10-14/h4-13,17H,1-3H3/t17-/m0/s1. The van der Waals surface area contributed by atoms with Gasteiger partial charge in [-0.25, -0.2) is 0 Å². The first kappa shape index (κ1) is 14.5. The molecule has 1 amide bonds. The van der Waals surface area contributed by atoms with Crippen molar-refractivity contribution >= 4 is 17.3 Å². The molecule has 1 aliphatic heterocycles. The zero-order chi connectivity index (χ0) is 15.7. The van der Waals surface area contributed by atoms with Crippen LogP contribution in [0, 0.1) is 5.92 Å². The number of para-hydroxylation sites is 1. The van der Waals surface area contributed by atoms with Gasteiger partial charge in [0.05, 0.1) is 11.4 Å². The Kier molecular flexibility index (Phi) is 3.80. The summed E-state index contributed by atoms with van der Waals surface area (Å²) >= 11 is 0. The summed E-state index contributed by atoms with van der Waals surface area (Å²) in [5, 5.41) is 0. The SMILES string of the molecule is CC(C)[C@@H]1N=C(c2ccccc2)c2ccccc2N(C)C1=O. The van der Waals surface area contributed by atoms with E-state index in [0.717, 1.165) is 22.5 Å². The highest BCUT2D eigenvalue weighted by Gasteiger charge is 2.31. The Labute approximate surface area is 131 Å². The summed E-state index contributed by atoms with van der Waals surface area (Å²) in [6, 6.07) is 17.7. The van der Waals surface area contributed by atoms with Crippen LogP contribution in [0.1, 0.15) is 25.0 Å². The minimum atomic E-state index is -0.354. The van der Waals surface area contributed by atoms with E-state index in [1.165, 1.54) is 0 Å². The van der Waals surface area contributed by atoms with E-state index in [1.807, 2.05) is 75.5 Å². The second kappa shape index (κ2) is 5.76. The van der Waals surface area contributed by atoms with E-state index in [-0.39, 0.29) is 17.9 Å². The van der Waals surface area contributed by atoms with Gasteiger partial charge in [0.1, 0.15) is 6.04 Å². The number of hydrogen-bond acceptors (Lipinski definition) is 2. The van der Waals surface area contributed by atoms with E-state index in [2.05, 4.69) is 0 Å². The van der Waals surface area contributed by atoms with Crippen LogP contribution in [-0.4, -0.2) is 24.7 Å². The first-order valence-corrected chi connectivity index (χ1v) is 7.60. The lowest BCUT2D eigenvalue weighted by molar-refractivity contribution is -0.120. The zero-order valence-electron chi connectivity index (χ0n) is 13.2. The molecule has 0 radical (unpaired) electrons. The second-order valence-corrected chi connectivity index (χ2v) is 5.95. The van der Waals surface area contributed by atoms with Crippen molar-refractivity contribution in [2.24, 2.45) is 10.9 Å². The number of benzene rings is 2. The van der Waals surface area contributed by atoms with Gasteiger partial charge in [-0.3, -0.25) is 9.79 Å². The van der Waals surface area contributed by atoms with Crippen LogP contribution in [0.15, 0.2) is 59.6 Å². The molecule has 2 aromatic rings. The van der Waals surface area contributed by atoms with Gasteiger partial charge in [0, 0.05) is 18.2 Å². The van der Waals surface area contributed by atoms with Crippen LogP contribution < -0.4 is 4.90 Å². The van der Waals surface area contributed by atoms with Crippen molar-refractivity contribution in [2.75, 3.05) is 11.9 Å². The monoisotopic (exact) mass is 292 g/mol. The third-order valence-corrected chi connectivity index (χ3v) is 4.05. The van der Waals surface area contributed by atoms with E-state index < -0.39 is 0 Å². The van der Waals surface area contributed by atoms with Crippen LogP contribution in [0.2, 0.25) is 0 Å². The average Bonchev–Trinajstić information content (AvgIpc) is 2.65. The molecule has 0 aromatic heterocycles. The normalized spacial score (nSPS) is 18.0. The van der Waals surface area contributed by atoms with Gasteiger partial charge in [-0.1, -0.05) is 62.4 Å². The number of anilines is 1. The van der Waals surface area contributed by atoms with E-state index >= 15 is 0 Å². The Morgan fingerprint density at radius 3 is 2.32 bits per heavy atom. The van der Waals surface area contributed by atoms with Crippen molar-refractivity contribution < 1.29 is 4.79 Å². The van der Waals surface area contributed by atoms with Crippen molar-refractivity contribution in [1.29, 1.82) is 0 Å². The van der Waals surface area contributed by atoms with Crippen LogP contribution in [-0.2, 0) is 4.79 Å². The van der Waals surface area contributed by atoms with E-state index in [4.69, 9.17) is 4.99 Å². The first-order chi connectivity index (χ1) is 10.6. The molecular formula is C19H20N2O. The molecule has 22 heavy (non-hydrogen) atoms. The molecular weight excluding hydrogens is 272 g/mol. The van der Waals surface area contributed by atoms with Crippen molar-refractivity contribution in [1.82, 2.24) is 0 Å². The summed E-state index contributed by atoms with van der Waals surface area (Å²) in [7, 11) is 1.83. The van der Waals surface area contributed by atoms with Crippen molar-refractivity contribution in [3.63, 3.8) is 0 Å². The third-order valence-electron chi connectivity index (χ3n) is 4.05. The molecule has 3 rings (SSSR count). The number of fused-ring (bicyclic) bond motifs is 1. The molecule has 3 nitrogen and oxygen atoms in total. The molecule has 0 aliphatic carbocycles. The molecule has 0 spiro atoms. The minimum Gasteiger partial charge on any atom is -0.313 e. The van der Waals surface area contributed by atoms with Gasteiger partial charge in [0.15, 0.2) is 0 Å². The fourth-order valence-electron chi connectivity index (χ4n) is 2.81. The molecule has 3 heteroatoms. The molecule has 2 aromatic carbocycles.